The van der Waals surface area contributed by atoms with Crippen LogP contribution in [0.1, 0.15) is 46.7 Å². The number of carbonyl (C=O) groups is 1. The number of hydrogen-bond acceptors (Lipinski definition) is 3. The van der Waals surface area contributed by atoms with Crippen molar-refractivity contribution < 1.29 is 9.90 Å². The molecule has 0 aliphatic heterocycles. The molecular weight excluding hydrogens is 270 g/mol. The minimum Gasteiger partial charge on any atom is -0.476 e. The molecule has 106 valence electrons. The number of rotatable bonds is 5. The predicted octanol–water partition coefficient (Wildman–Crippen LogP) is 3.92. The number of benzene rings is 1. The van der Waals surface area contributed by atoms with Gasteiger partial charge >= 0.3 is 5.97 Å². The fraction of sp³-hybridized carbons (Fsp3) is 0.375. The molecule has 0 amide bonds. The second-order valence-electron chi connectivity index (χ2n) is 5.50. The van der Waals surface area contributed by atoms with Crippen molar-refractivity contribution in [3.63, 3.8) is 0 Å². The van der Waals surface area contributed by atoms with Crippen molar-refractivity contribution in [1.29, 1.82) is 0 Å². The molecule has 20 heavy (non-hydrogen) atoms. The summed E-state index contributed by atoms with van der Waals surface area (Å²) in [5.74, 6) is -0.931. The van der Waals surface area contributed by atoms with Crippen LogP contribution in [0.25, 0.3) is 0 Å². The summed E-state index contributed by atoms with van der Waals surface area (Å²) in [6, 6.07) is 10.2. The largest absolute Gasteiger partial charge is 0.476 e. The van der Waals surface area contributed by atoms with Gasteiger partial charge in [-0.3, -0.25) is 0 Å². The van der Waals surface area contributed by atoms with Gasteiger partial charge in [0.25, 0.3) is 0 Å². The quantitative estimate of drug-likeness (QED) is 0.907. The lowest BCUT2D eigenvalue weighted by Crippen LogP contribution is -2.20. The van der Waals surface area contributed by atoms with Crippen molar-refractivity contribution >= 4 is 17.3 Å². The highest BCUT2D eigenvalue weighted by Gasteiger charge is 2.28. The lowest BCUT2D eigenvalue weighted by molar-refractivity contribution is 0.0690. The van der Waals surface area contributed by atoms with Crippen molar-refractivity contribution in [2.75, 3.05) is 0 Å². The van der Waals surface area contributed by atoms with Crippen LogP contribution in [0.15, 0.2) is 30.3 Å². The first kappa shape index (κ1) is 14.7. The normalized spacial score (nSPS) is 11.6. The predicted molar refractivity (Wildman–Crippen MR) is 81.6 cm³/mol. The monoisotopic (exact) mass is 289 g/mol. The van der Waals surface area contributed by atoms with Crippen LogP contribution >= 0.6 is 11.3 Å². The van der Waals surface area contributed by atoms with Gasteiger partial charge in [-0.05, 0) is 18.4 Å². The molecule has 0 saturated carbocycles. The van der Waals surface area contributed by atoms with Crippen LogP contribution in [-0.4, -0.2) is 16.1 Å². The summed E-state index contributed by atoms with van der Waals surface area (Å²) >= 11 is 1.52. The van der Waals surface area contributed by atoms with E-state index in [-0.39, 0.29) is 11.1 Å². The van der Waals surface area contributed by atoms with Crippen molar-refractivity contribution in [1.82, 2.24) is 4.98 Å². The van der Waals surface area contributed by atoms with Crippen LogP contribution in [-0.2, 0) is 18.3 Å². The molecule has 2 rings (SSSR count). The minimum atomic E-state index is -0.931. The minimum absolute atomic E-state index is 0.163. The van der Waals surface area contributed by atoms with Gasteiger partial charge in [0, 0.05) is 10.3 Å². The maximum Gasteiger partial charge on any atom is 0.355 e. The standard InChI is InChI=1S/C16H19NO2S/c1-4-12-13(14(18)19)17-15(20-12)16(2,3)10-11-8-6-5-7-9-11/h5-9H,4,10H2,1-3H3,(H,18,19). The van der Waals surface area contributed by atoms with Gasteiger partial charge in [0.2, 0.25) is 0 Å². The van der Waals surface area contributed by atoms with Crippen LogP contribution in [0, 0.1) is 0 Å². The molecule has 0 aliphatic carbocycles. The molecule has 1 heterocycles. The Kier molecular flexibility index (Phi) is 4.23. The molecule has 0 atom stereocenters. The average molecular weight is 289 g/mol. The second-order valence-corrected chi connectivity index (χ2v) is 6.58. The van der Waals surface area contributed by atoms with Gasteiger partial charge in [0.15, 0.2) is 5.69 Å². The number of carboxylic acid groups (broad SMARTS) is 1. The van der Waals surface area contributed by atoms with Crippen molar-refractivity contribution in [2.24, 2.45) is 0 Å². The van der Waals surface area contributed by atoms with Gasteiger partial charge < -0.3 is 5.11 Å². The molecule has 0 radical (unpaired) electrons. The van der Waals surface area contributed by atoms with Gasteiger partial charge in [-0.25, -0.2) is 9.78 Å². The molecule has 1 aromatic heterocycles. The third-order valence-electron chi connectivity index (χ3n) is 3.29. The molecule has 4 heteroatoms. The maximum atomic E-state index is 11.2. The van der Waals surface area contributed by atoms with Crippen LogP contribution in [0.4, 0.5) is 0 Å². The van der Waals surface area contributed by atoms with E-state index < -0.39 is 5.97 Å². The molecule has 0 bridgehead atoms. The highest BCUT2D eigenvalue weighted by Crippen LogP contribution is 2.33. The van der Waals surface area contributed by atoms with E-state index >= 15 is 0 Å². The lowest BCUT2D eigenvalue weighted by Gasteiger charge is -2.22. The van der Waals surface area contributed by atoms with Crippen molar-refractivity contribution in [2.45, 2.75) is 39.0 Å². The smallest absolute Gasteiger partial charge is 0.355 e. The molecule has 1 N–H and O–H groups in total. The number of nitrogens with zero attached hydrogens (tertiary/aromatic N) is 1. The summed E-state index contributed by atoms with van der Waals surface area (Å²) in [4.78, 5) is 16.4. The van der Waals surface area contributed by atoms with E-state index in [4.69, 9.17) is 0 Å². The molecule has 0 unspecified atom stereocenters. The number of carboxylic acids is 1. The molecule has 2 aromatic rings. The molecule has 0 saturated heterocycles. The first-order valence-electron chi connectivity index (χ1n) is 6.71. The molecule has 0 spiro atoms. The maximum absolute atomic E-state index is 11.2. The molecule has 1 aromatic carbocycles. The first-order valence-corrected chi connectivity index (χ1v) is 7.53. The number of aromatic carboxylic acids is 1. The topological polar surface area (TPSA) is 50.2 Å². The fourth-order valence-corrected chi connectivity index (χ4v) is 3.32. The number of aromatic nitrogens is 1. The van der Waals surface area contributed by atoms with E-state index in [1.807, 2.05) is 25.1 Å². The Morgan fingerprint density at radius 1 is 1.30 bits per heavy atom. The van der Waals surface area contributed by atoms with Crippen LogP contribution in [0.3, 0.4) is 0 Å². The van der Waals surface area contributed by atoms with Crippen molar-refractivity contribution in [3.05, 3.63) is 51.5 Å². The third kappa shape index (κ3) is 3.07. The van der Waals surface area contributed by atoms with E-state index in [2.05, 4.69) is 31.0 Å². The van der Waals surface area contributed by atoms with E-state index in [0.29, 0.717) is 6.42 Å². The first-order chi connectivity index (χ1) is 9.44. The van der Waals surface area contributed by atoms with Gasteiger partial charge in [0.1, 0.15) is 0 Å². The Morgan fingerprint density at radius 2 is 1.95 bits per heavy atom. The second kappa shape index (κ2) is 5.75. The number of aryl methyl sites for hydroxylation is 1. The van der Waals surface area contributed by atoms with Crippen LogP contribution < -0.4 is 0 Å². The van der Waals surface area contributed by atoms with E-state index in [9.17, 15) is 9.90 Å². The highest BCUT2D eigenvalue weighted by atomic mass is 32.1. The number of thiazole rings is 1. The molecule has 0 aliphatic rings. The van der Waals surface area contributed by atoms with Crippen LogP contribution in [0.2, 0.25) is 0 Å². The van der Waals surface area contributed by atoms with E-state index in [0.717, 1.165) is 16.3 Å². The fourth-order valence-electron chi connectivity index (χ4n) is 2.23. The summed E-state index contributed by atoms with van der Waals surface area (Å²) < 4.78 is 0. The summed E-state index contributed by atoms with van der Waals surface area (Å²) in [6.07, 6.45) is 1.56. The Bertz CT molecular complexity index is 602. The lowest BCUT2D eigenvalue weighted by atomic mass is 9.86. The van der Waals surface area contributed by atoms with E-state index in [1.54, 1.807) is 0 Å². The van der Waals surface area contributed by atoms with Crippen LogP contribution in [0.5, 0.6) is 0 Å². The molecular formula is C16H19NO2S. The molecule has 3 nitrogen and oxygen atoms in total. The Morgan fingerprint density at radius 3 is 2.45 bits per heavy atom. The zero-order chi connectivity index (χ0) is 14.8. The molecule has 0 fully saturated rings. The Labute approximate surface area is 123 Å². The number of hydrogen-bond donors (Lipinski definition) is 1. The van der Waals surface area contributed by atoms with Gasteiger partial charge in [0.05, 0.1) is 5.01 Å². The summed E-state index contributed by atoms with van der Waals surface area (Å²) in [6.45, 7) is 6.20. The highest BCUT2D eigenvalue weighted by molar-refractivity contribution is 7.12. The average Bonchev–Trinajstić information content (AvgIpc) is 2.84. The van der Waals surface area contributed by atoms with Crippen molar-refractivity contribution in [3.8, 4) is 0 Å². The van der Waals surface area contributed by atoms with Gasteiger partial charge in [-0.15, -0.1) is 11.3 Å². The zero-order valence-corrected chi connectivity index (χ0v) is 12.8. The SMILES string of the molecule is CCc1sc(C(C)(C)Cc2ccccc2)nc1C(=O)O. The summed E-state index contributed by atoms with van der Waals surface area (Å²) in [7, 11) is 0. The van der Waals surface area contributed by atoms with Gasteiger partial charge in [-0.2, -0.15) is 0 Å². The zero-order valence-electron chi connectivity index (χ0n) is 12.0. The summed E-state index contributed by atoms with van der Waals surface area (Å²) in [5.41, 5.74) is 1.29. The van der Waals surface area contributed by atoms with Gasteiger partial charge in [-0.1, -0.05) is 51.1 Å². The Balaban J connectivity index is 2.32. The Hall–Kier alpha value is -1.68. The van der Waals surface area contributed by atoms with E-state index in [1.165, 1.54) is 16.9 Å². The third-order valence-corrected chi connectivity index (χ3v) is 4.85. The summed E-state index contributed by atoms with van der Waals surface area (Å²) in [5, 5.41) is 10.1.